The third-order valence-electron chi connectivity index (χ3n) is 3.92. The zero-order valence-corrected chi connectivity index (χ0v) is 14.7. The molecule has 0 unspecified atom stereocenters. The molecule has 3 heterocycles. The number of hydrogen-bond donors (Lipinski definition) is 2. The molecule has 0 amide bonds. The van der Waals surface area contributed by atoms with Gasteiger partial charge in [-0.15, -0.1) is 11.8 Å². The van der Waals surface area contributed by atoms with Gasteiger partial charge in [-0.2, -0.15) is 5.10 Å². The Morgan fingerprint density at radius 1 is 1.44 bits per heavy atom. The van der Waals surface area contributed by atoms with E-state index in [-0.39, 0.29) is 10.8 Å². The Morgan fingerprint density at radius 2 is 2.28 bits per heavy atom. The molecule has 4 rings (SSSR count). The molecule has 25 heavy (non-hydrogen) atoms. The summed E-state index contributed by atoms with van der Waals surface area (Å²) in [4.78, 5) is 16.6. The summed E-state index contributed by atoms with van der Waals surface area (Å²) in [5.41, 5.74) is 2.12. The smallest absolute Gasteiger partial charge is 0.357 e. The number of nitrogens with zero attached hydrogens (tertiary/aromatic N) is 3. The largest absolute Gasteiger partial charge is 0.494 e. The van der Waals surface area contributed by atoms with Crippen LogP contribution in [0.2, 0.25) is 5.15 Å². The quantitative estimate of drug-likeness (QED) is 0.678. The number of thioether (sulfide) groups is 1. The van der Waals surface area contributed by atoms with Gasteiger partial charge in [-0.05, 0) is 6.07 Å². The third-order valence-corrected chi connectivity index (χ3v) is 5.18. The van der Waals surface area contributed by atoms with Crippen molar-refractivity contribution in [2.24, 2.45) is 0 Å². The second-order valence-electron chi connectivity index (χ2n) is 5.39. The standard InChI is InChI=1S/C16H13ClN4O3S/c1-24-12-4-9-13(25-3-2-18-9)5-11(12)21-10-6-14(17)19-7-8(10)15(20-21)16(22)23/h4-7,18H,2-3H2,1H3,(H,22,23). The highest BCUT2D eigenvalue weighted by molar-refractivity contribution is 7.99. The minimum absolute atomic E-state index is 0.0790. The molecule has 3 aromatic rings. The van der Waals surface area contributed by atoms with Gasteiger partial charge >= 0.3 is 5.97 Å². The number of nitrogens with one attached hydrogen (secondary N) is 1. The van der Waals surface area contributed by atoms with Gasteiger partial charge in [0, 0.05) is 35.5 Å². The van der Waals surface area contributed by atoms with Crippen LogP contribution in [0.4, 0.5) is 5.69 Å². The molecular weight excluding hydrogens is 364 g/mol. The van der Waals surface area contributed by atoms with Gasteiger partial charge in [-0.25, -0.2) is 14.5 Å². The van der Waals surface area contributed by atoms with Gasteiger partial charge < -0.3 is 15.2 Å². The predicted molar refractivity (Wildman–Crippen MR) is 96.6 cm³/mol. The van der Waals surface area contributed by atoms with E-state index < -0.39 is 5.97 Å². The fourth-order valence-electron chi connectivity index (χ4n) is 2.81. The molecule has 0 radical (unpaired) electrons. The van der Waals surface area contributed by atoms with Crippen molar-refractivity contribution in [3.63, 3.8) is 0 Å². The van der Waals surface area contributed by atoms with E-state index in [1.165, 1.54) is 6.20 Å². The Kier molecular flexibility index (Phi) is 3.93. The number of fused-ring (bicyclic) bond motifs is 2. The molecule has 0 fully saturated rings. The summed E-state index contributed by atoms with van der Waals surface area (Å²) in [7, 11) is 1.57. The van der Waals surface area contributed by atoms with Crippen LogP contribution in [0, 0.1) is 0 Å². The lowest BCUT2D eigenvalue weighted by atomic mass is 10.2. The van der Waals surface area contributed by atoms with Gasteiger partial charge in [-0.1, -0.05) is 11.6 Å². The predicted octanol–water partition coefficient (Wildman–Crippen LogP) is 3.30. The Morgan fingerprint density at radius 3 is 3.04 bits per heavy atom. The van der Waals surface area contributed by atoms with Crippen LogP contribution in [0.3, 0.4) is 0 Å². The lowest BCUT2D eigenvalue weighted by Crippen LogP contribution is -2.11. The van der Waals surface area contributed by atoms with Crippen molar-refractivity contribution in [2.75, 3.05) is 24.7 Å². The van der Waals surface area contributed by atoms with Gasteiger partial charge in [0.25, 0.3) is 0 Å². The summed E-state index contributed by atoms with van der Waals surface area (Å²) in [5.74, 6) is 0.415. The summed E-state index contributed by atoms with van der Waals surface area (Å²) in [6, 6.07) is 5.44. The fraction of sp³-hybridized carbons (Fsp3) is 0.188. The molecule has 128 valence electrons. The molecule has 1 aliphatic heterocycles. The fourth-order valence-corrected chi connectivity index (χ4v) is 3.87. The van der Waals surface area contributed by atoms with Crippen LogP contribution in [0.25, 0.3) is 16.6 Å². The Balaban J connectivity index is 2.01. The first kappa shape index (κ1) is 16.0. The average Bonchev–Trinajstić information content (AvgIpc) is 2.99. The highest BCUT2D eigenvalue weighted by atomic mass is 35.5. The second-order valence-corrected chi connectivity index (χ2v) is 6.91. The molecule has 7 nitrogen and oxygen atoms in total. The van der Waals surface area contributed by atoms with Crippen molar-refractivity contribution in [1.82, 2.24) is 14.8 Å². The normalized spacial score (nSPS) is 13.4. The summed E-state index contributed by atoms with van der Waals surface area (Å²) < 4.78 is 7.05. The molecular formula is C16H13ClN4O3S. The number of methoxy groups -OCH3 is 1. The van der Waals surface area contributed by atoms with Crippen molar-refractivity contribution in [3.05, 3.63) is 35.2 Å². The average molecular weight is 377 g/mol. The van der Waals surface area contributed by atoms with E-state index in [2.05, 4.69) is 15.4 Å². The molecule has 1 aromatic carbocycles. The minimum atomic E-state index is -1.12. The maximum atomic E-state index is 11.5. The Labute approximate surface area is 151 Å². The lowest BCUT2D eigenvalue weighted by Gasteiger charge is -2.20. The highest BCUT2D eigenvalue weighted by Gasteiger charge is 2.22. The number of rotatable bonds is 3. The van der Waals surface area contributed by atoms with Crippen molar-refractivity contribution in [3.8, 4) is 11.4 Å². The van der Waals surface area contributed by atoms with Crippen molar-refractivity contribution >= 4 is 45.9 Å². The summed E-state index contributed by atoms with van der Waals surface area (Å²) >= 11 is 7.74. The summed E-state index contributed by atoms with van der Waals surface area (Å²) in [5, 5.41) is 17.7. The number of hydrogen-bond acceptors (Lipinski definition) is 6. The first-order valence-electron chi connectivity index (χ1n) is 7.45. The topological polar surface area (TPSA) is 89.3 Å². The van der Waals surface area contributed by atoms with E-state index in [9.17, 15) is 9.90 Å². The van der Waals surface area contributed by atoms with Crippen LogP contribution in [0.5, 0.6) is 5.75 Å². The number of ether oxygens (including phenoxy) is 1. The maximum absolute atomic E-state index is 11.5. The number of anilines is 1. The minimum Gasteiger partial charge on any atom is -0.494 e. The van der Waals surface area contributed by atoms with Crippen LogP contribution in [-0.2, 0) is 0 Å². The molecule has 0 aliphatic carbocycles. The molecule has 0 bridgehead atoms. The van der Waals surface area contributed by atoms with Gasteiger partial charge in [0.1, 0.15) is 16.6 Å². The summed E-state index contributed by atoms with van der Waals surface area (Å²) in [6.45, 7) is 0.884. The first-order valence-corrected chi connectivity index (χ1v) is 8.81. The molecule has 0 atom stereocenters. The van der Waals surface area contributed by atoms with Gasteiger partial charge in [-0.3, -0.25) is 0 Å². The van der Waals surface area contributed by atoms with E-state index in [0.29, 0.717) is 22.3 Å². The van der Waals surface area contributed by atoms with E-state index in [4.69, 9.17) is 16.3 Å². The monoisotopic (exact) mass is 376 g/mol. The summed E-state index contributed by atoms with van der Waals surface area (Å²) in [6.07, 6.45) is 1.42. The molecule has 9 heteroatoms. The van der Waals surface area contributed by atoms with Crippen molar-refractivity contribution in [1.29, 1.82) is 0 Å². The molecule has 2 aromatic heterocycles. The number of benzene rings is 1. The zero-order chi connectivity index (χ0) is 17.6. The van der Waals surface area contributed by atoms with Crippen LogP contribution in [-0.4, -0.2) is 45.2 Å². The Hall–Kier alpha value is -2.45. The molecule has 0 spiro atoms. The molecule has 1 aliphatic rings. The SMILES string of the molecule is COc1cc2c(cc1-n1nc(C(=O)O)c3cnc(Cl)cc31)SCCN2. The number of halogens is 1. The second kappa shape index (κ2) is 6.12. The van der Waals surface area contributed by atoms with Gasteiger partial charge in [0.15, 0.2) is 5.69 Å². The van der Waals surface area contributed by atoms with E-state index in [0.717, 1.165) is 22.9 Å². The van der Waals surface area contributed by atoms with Crippen LogP contribution >= 0.6 is 23.4 Å². The molecule has 0 saturated carbocycles. The number of aromatic carboxylic acids is 1. The number of pyridine rings is 1. The van der Waals surface area contributed by atoms with Crippen LogP contribution in [0.1, 0.15) is 10.5 Å². The number of carboxylic acids is 1. The molecule has 0 saturated heterocycles. The Bertz CT molecular complexity index is 1000. The van der Waals surface area contributed by atoms with Gasteiger partial charge in [0.2, 0.25) is 0 Å². The number of carbonyl (C=O) groups is 1. The third kappa shape index (κ3) is 2.67. The van der Waals surface area contributed by atoms with Crippen molar-refractivity contribution < 1.29 is 14.6 Å². The highest BCUT2D eigenvalue weighted by Crippen LogP contribution is 2.39. The zero-order valence-electron chi connectivity index (χ0n) is 13.1. The van der Waals surface area contributed by atoms with Crippen LogP contribution < -0.4 is 10.1 Å². The lowest BCUT2D eigenvalue weighted by molar-refractivity contribution is 0.0692. The van der Waals surface area contributed by atoms with E-state index >= 15 is 0 Å². The number of aromatic nitrogens is 3. The first-order chi connectivity index (χ1) is 12.1. The number of carboxylic acid groups (broad SMARTS) is 1. The van der Waals surface area contributed by atoms with Gasteiger partial charge in [0.05, 0.1) is 23.7 Å². The molecule has 2 N–H and O–H groups in total. The van der Waals surface area contributed by atoms with Crippen LogP contribution in [0.15, 0.2) is 29.3 Å². The maximum Gasteiger partial charge on any atom is 0.357 e. The van der Waals surface area contributed by atoms with E-state index in [1.54, 1.807) is 29.6 Å². The van der Waals surface area contributed by atoms with E-state index in [1.807, 2.05) is 12.1 Å². The van der Waals surface area contributed by atoms with Crippen molar-refractivity contribution in [2.45, 2.75) is 4.90 Å².